The molecule has 3 heteroatoms. The lowest BCUT2D eigenvalue weighted by molar-refractivity contribution is 1.20. The third-order valence-corrected chi connectivity index (χ3v) is 11.2. The molecule has 0 spiro atoms. The summed E-state index contributed by atoms with van der Waals surface area (Å²) in [5, 5.41) is 5.45. The fourth-order valence-electron chi connectivity index (χ4n) is 5.89. The molecule has 0 aliphatic carbocycles. The van der Waals surface area contributed by atoms with Crippen molar-refractivity contribution in [2.75, 3.05) is 0 Å². The van der Waals surface area contributed by atoms with E-state index in [-0.39, 0.29) is 0 Å². The van der Waals surface area contributed by atoms with Gasteiger partial charge >= 0.3 is 0 Å². The third kappa shape index (κ3) is 3.46. The molecule has 1 aliphatic heterocycles. The van der Waals surface area contributed by atoms with Gasteiger partial charge in [-0.1, -0.05) is 134 Å². The van der Waals surface area contributed by atoms with Gasteiger partial charge in [-0.25, -0.2) is 9.97 Å². The Kier molecular flexibility index (Phi) is 4.95. The van der Waals surface area contributed by atoms with Crippen LogP contribution in [-0.2, 0) is 0 Å². The van der Waals surface area contributed by atoms with E-state index >= 15 is 0 Å². The van der Waals surface area contributed by atoms with E-state index < -0.39 is 8.07 Å². The van der Waals surface area contributed by atoms with Crippen LogP contribution < -0.4 is 10.4 Å². The summed E-state index contributed by atoms with van der Waals surface area (Å²) in [7, 11) is -2.10. The zero-order chi connectivity index (χ0) is 25.0. The highest BCUT2D eigenvalue weighted by molar-refractivity contribution is 7.05. The number of aromatic nitrogens is 2. The number of fused-ring (bicyclic) bond motifs is 5. The lowest BCUT2D eigenvalue weighted by atomic mass is 10.0. The quantitative estimate of drug-likeness (QED) is 0.241. The molecule has 0 atom stereocenters. The Labute approximate surface area is 218 Å². The van der Waals surface area contributed by atoms with E-state index in [2.05, 4.69) is 128 Å². The zero-order valence-corrected chi connectivity index (χ0v) is 21.9. The molecular formula is C34H26N2Si. The van der Waals surface area contributed by atoms with Gasteiger partial charge in [-0.3, -0.25) is 0 Å². The van der Waals surface area contributed by atoms with Crippen LogP contribution in [0, 0.1) is 0 Å². The van der Waals surface area contributed by atoms with Crippen molar-refractivity contribution in [3.05, 3.63) is 121 Å². The van der Waals surface area contributed by atoms with Crippen molar-refractivity contribution in [2.24, 2.45) is 0 Å². The SMILES string of the molecule is C[Si]1(C)c2c(-c3ccc(-c4ccccc4)cc3)nc(-c3ccccc3)nc2-c2ccc3ccccc3c21. The number of rotatable bonds is 3. The molecule has 0 unspecified atom stereocenters. The Balaban J connectivity index is 1.49. The van der Waals surface area contributed by atoms with E-state index in [0.717, 1.165) is 28.3 Å². The fraction of sp³-hybridized carbons (Fsp3) is 0.0588. The molecule has 0 amide bonds. The van der Waals surface area contributed by atoms with Crippen molar-refractivity contribution in [1.29, 1.82) is 0 Å². The van der Waals surface area contributed by atoms with Gasteiger partial charge in [0.15, 0.2) is 5.82 Å². The van der Waals surface area contributed by atoms with Crippen molar-refractivity contribution in [1.82, 2.24) is 9.97 Å². The minimum Gasteiger partial charge on any atom is -0.228 e. The average molecular weight is 491 g/mol. The molecule has 0 saturated heterocycles. The molecule has 0 radical (unpaired) electrons. The number of hydrogen-bond acceptors (Lipinski definition) is 2. The minimum absolute atomic E-state index is 0.785. The molecule has 2 heterocycles. The molecule has 176 valence electrons. The molecule has 0 saturated carbocycles. The highest BCUT2D eigenvalue weighted by Gasteiger charge is 2.43. The predicted octanol–water partition coefficient (Wildman–Crippen LogP) is 7.43. The molecular weight excluding hydrogens is 464 g/mol. The monoisotopic (exact) mass is 490 g/mol. The van der Waals surface area contributed by atoms with Crippen LogP contribution in [0.2, 0.25) is 13.1 Å². The molecule has 1 aliphatic rings. The smallest absolute Gasteiger partial charge is 0.160 e. The van der Waals surface area contributed by atoms with Gasteiger partial charge in [-0.2, -0.15) is 0 Å². The fourth-order valence-corrected chi connectivity index (χ4v) is 9.49. The predicted molar refractivity (Wildman–Crippen MR) is 158 cm³/mol. The van der Waals surface area contributed by atoms with Crippen LogP contribution in [0.1, 0.15) is 0 Å². The first-order chi connectivity index (χ1) is 18.1. The van der Waals surface area contributed by atoms with Gasteiger partial charge in [0.05, 0.1) is 11.4 Å². The maximum absolute atomic E-state index is 5.27. The van der Waals surface area contributed by atoms with Crippen LogP contribution in [0.25, 0.3) is 55.8 Å². The second kappa shape index (κ2) is 8.36. The van der Waals surface area contributed by atoms with E-state index in [0.29, 0.717) is 0 Å². The van der Waals surface area contributed by atoms with E-state index in [1.807, 2.05) is 6.07 Å². The molecule has 37 heavy (non-hydrogen) atoms. The van der Waals surface area contributed by atoms with Gasteiger partial charge in [-0.15, -0.1) is 0 Å². The second-order valence-corrected chi connectivity index (χ2v) is 14.5. The van der Waals surface area contributed by atoms with E-state index in [4.69, 9.17) is 9.97 Å². The van der Waals surface area contributed by atoms with E-state index in [1.165, 1.54) is 37.8 Å². The summed E-state index contributed by atoms with van der Waals surface area (Å²) in [4.78, 5) is 10.5. The maximum atomic E-state index is 5.27. The Bertz CT molecular complexity index is 1770. The second-order valence-electron chi connectivity index (χ2n) is 10.3. The highest BCUT2D eigenvalue weighted by Crippen LogP contribution is 2.36. The van der Waals surface area contributed by atoms with Crippen LogP contribution in [0.15, 0.2) is 121 Å². The molecule has 0 fully saturated rings. The van der Waals surface area contributed by atoms with Gasteiger partial charge in [0.25, 0.3) is 0 Å². The van der Waals surface area contributed by atoms with Crippen molar-refractivity contribution >= 4 is 29.2 Å². The minimum atomic E-state index is -2.10. The van der Waals surface area contributed by atoms with Crippen molar-refractivity contribution in [2.45, 2.75) is 13.1 Å². The Morgan fingerprint density at radius 1 is 0.459 bits per heavy atom. The summed E-state index contributed by atoms with van der Waals surface area (Å²) >= 11 is 0. The highest BCUT2D eigenvalue weighted by atomic mass is 28.3. The van der Waals surface area contributed by atoms with Crippen LogP contribution in [0.3, 0.4) is 0 Å². The maximum Gasteiger partial charge on any atom is 0.160 e. The van der Waals surface area contributed by atoms with Gasteiger partial charge in [0.2, 0.25) is 0 Å². The molecule has 6 aromatic rings. The van der Waals surface area contributed by atoms with Crippen LogP contribution >= 0.6 is 0 Å². The summed E-state index contributed by atoms with van der Waals surface area (Å²) < 4.78 is 0. The third-order valence-electron chi connectivity index (χ3n) is 7.64. The van der Waals surface area contributed by atoms with Crippen molar-refractivity contribution in [3.8, 4) is 45.0 Å². The van der Waals surface area contributed by atoms with Crippen LogP contribution in [-0.4, -0.2) is 18.0 Å². The summed E-state index contributed by atoms with van der Waals surface area (Å²) in [5.41, 5.74) is 8.07. The molecule has 2 nitrogen and oxygen atoms in total. The summed E-state index contributed by atoms with van der Waals surface area (Å²) in [5.74, 6) is 0.785. The molecule has 1 aromatic heterocycles. The van der Waals surface area contributed by atoms with E-state index in [9.17, 15) is 0 Å². The lowest BCUT2D eigenvalue weighted by Gasteiger charge is -2.23. The molecule has 7 rings (SSSR count). The Morgan fingerprint density at radius 2 is 1.03 bits per heavy atom. The van der Waals surface area contributed by atoms with Gasteiger partial charge in [0, 0.05) is 16.7 Å². The molecule has 0 N–H and O–H groups in total. The zero-order valence-electron chi connectivity index (χ0n) is 20.9. The van der Waals surface area contributed by atoms with Crippen LogP contribution in [0.5, 0.6) is 0 Å². The van der Waals surface area contributed by atoms with Gasteiger partial charge in [0.1, 0.15) is 8.07 Å². The summed E-state index contributed by atoms with van der Waals surface area (Å²) in [6.45, 7) is 4.91. The standard InChI is InChI=1S/C34H26N2Si/c1-37(2)32-28-16-10-9-13-25(28)21-22-29(32)31-33(37)30(35-34(36-31)27-14-7-4-8-15-27)26-19-17-24(18-20-26)23-11-5-3-6-12-23/h3-22H,1-2H3. The van der Waals surface area contributed by atoms with Crippen LogP contribution in [0.4, 0.5) is 0 Å². The Morgan fingerprint density at radius 3 is 1.76 bits per heavy atom. The van der Waals surface area contributed by atoms with Gasteiger partial charge < -0.3 is 0 Å². The number of hydrogen-bond donors (Lipinski definition) is 0. The first-order valence-corrected chi connectivity index (χ1v) is 15.8. The lowest BCUT2D eigenvalue weighted by Crippen LogP contribution is -2.50. The molecule has 0 bridgehead atoms. The van der Waals surface area contributed by atoms with Crippen molar-refractivity contribution in [3.63, 3.8) is 0 Å². The number of benzene rings is 5. The topological polar surface area (TPSA) is 25.8 Å². The molecule has 5 aromatic carbocycles. The number of nitrogens with zero attached hydrogens (tertiary/aromatic N) is 2. The first-order valence-electron chi connectivity index (χ1n) is 12.8. The summed E-state index contributed by atoms with van der Waals surface area (Å²) in [6, 6.07) is 43.1. The van der Waals surface area contributed by atoms with E-state index in [1.54, 1.807) is 0 Å². The first kappa shape index (κ1) is 21.9. The average Bonchev–Trinajstić information content (AvgIpc) is 3.20. The Hall–Kier alpha value is -4.34. The largest absolute Gasteiger partial charge is 0.228 e. The van der Waals surface area contributed by atoms with Crippen molar-refractivity contribution < 1.29 is 0 Å². The van der Waals surface area contributed by atoms with Gasteiger partial charge in [-0.05, 0) is 32.3 Å². The normalized spacial score (nSPS) is 13.4. The summed E-state index contributed by atoms with van der Waals surface area (Å²) in [6.07, 6.45) is 0.